The second-order valence-electron chi connectivity index (χ2n) is 17.8. The predicted octanol–water partition coefficient (Wildman–Crippen LogP) is 19.1. The summed E-state index contributed by atoms with van der Waals surface area (Å²) in [5.74, 6) is 1.61. The van der Waals surface area contributed by atoms with Crippen LogP contribution in [0, 0.1) is 0 Å². The summed E-state index contributed by atoms with van der Waals surface area (Å²) in [7, 11) is 0. The number of anilines is 3. The number of nitrogens with zero attached hydrogens (tertiary/aromatic N) is 1. The number of hydrogen-bond acceptors (Lipinski definition) is 3. The van der Waals surface area contributed by atoms with Gasteiger partial charge in [0.1, 0.15) is 16.9 Å². The second-order valence-corrected chi connectivity index (χ2v) is 17.8. The van der Waals surface area contributed by atoms with Crippen molar-refractivity contribution in [2.45, 2.75) is 0 Å². The number of rotatable bonds is 4. The first-order valence-electron chi connectivity index (χ1n) is 23.6. The summed E-state index contributed by atoms with van der Waals surface area (Å²) in [6.45, 7) is 0. The first kappa shape index (κ1) is 39.0. The zero-order chi connectivity index (χ0) is 45.4. The maximum absolute atomic E-state index is 7.25. The molecule has 0 aliphatic carbocycles. The van der Waals surface area contributed by atoms with Crippen molar-refractivity contribution in [2.75, 3.05) is 4.90 Å². The summed E-state index contributed by atoms with van der Waals surface area (Å²) >= 11 is 0. The topological polar surface area (TPSA) is 25.6 Å². The molecule has 13 aromatic rings. The van der Waals surface area contributed by atoms with Crippen LogP contribution in [-0.2, 0) is 0 Å². The Morgan fingerprint density at radius 3 is 1.51 bits per heavy atom. The van der Waals surface area contributed by atoms with Crippen molar-refractivity contribution in [1.82, 2.24) is 0 Å². The summed E-state index contributed by atoms with van der Waals surface area (Å²) in [5, 5.41) is 13.5. The minimum atomic E-state index is 0.793. The van der Waals surface area contributed by atoms with E-state index in [2.05, 4.69) is 254 Å². The maximum atomic E-state index is 7.25. The van der Waals surface area contributed by atoms with Crippen molar-refractivity contribution in [1.29, 1.82) is 0 Å². The summed E-state index contributed by atoms with van der Waals surface area (Å²) in [6.07, 6.45) is 0. The number of hydrogen-bond donors (Lipinski definition) is 0. The highest BCUT2D eigenvalue weighted by Gasteiger charge is 2.28. The van der Waals surface area contributed by atoms with Crippen molar-refractivity contribution in [3.05, 3.63) is 249 Å². The minimum absolute atomic E-state index is 0.793. The fraction of sp³-hybridized carbons (Fsp3) is 0. The van der Waals surface area contributed by atoms with Crippen molar-refractivity contribution >= 4 is 92.9 Å². The van der Waals surface area contributed by atoms with Gasteiger partial charge in [-0.1, -0.05) is 206 Å². The fourth-order valence-corrected chi connectivity index (χ4v) is 11.1. The molecular formula is C66H41NO2. The van der Waals surface area contributed by atoms with E-state index in [-0.39, 0.29) is 0 Å². The molecule has 0 unspecified atom stereocenters. The van der Waals surface area contributed by atoms with Gasteiger partial charge in [0.15, 0.2) is 5.75 Å². The van der Waals surface area contributed by atoms with Crippen molar-refractivity contribution in [2.24, 2.45) is 0 Å². The quantitative estimate of drug-likeness (QED) is 0.176. The van der Waals surface area contributed by atoms with Gasteiger partial charge in [0.2, 0.25) is 0 Å². The van der Waals surface area contributed by atoms with Crippen LogP contribution in [-0.4, -0.2) is 0 Å². The Morgan fingerprint density at radius 2 is 0.768 bits per heavy atom. The maximum Gasteiger partial charge on any atom is 0.159 e. The number of fused-ring (bicyclic) bond motifs is 19. The molecule has 0 spiro atoms. The first-order valence-corrected chi connectivity index (χ1v) is 23.6. The molecule has 0 amide bonds. The van der Waals surface area contributed by atoms with Gasteiger partial charge >= 0.3 is 0 Å². The molecule has 1 aromatic heterocycles. The van der Waals surface area contributed by atoms with Crippen LogP contribution in [0.1, 0.15) is 0 Å². The number of benzene rings is 11. The van der Waals surface area contributed by atoms with Gasteiger partial charge in [0.25, 0.3) is 0 Å². The molecule has 3 heteroatoms. The zero-order valence-electron chi connectivity index (χ0n) is 37.4. The van der Waals surface area contributed by atoms with Gasteiger partial charge in [0, 0.05) is 38.5 Å². The molecular weight excluding hydrogens is 839 g/mol. The van der Waals surface area contributed by atoms with Crippen LogP contribution < -0.4 is 9.64 Å². The summed E-state index contributed by atoms with van der Waals surface area (Å²) in [4.78, 5) is 2.41. The molecule has 322 valence electrons. The Balaban J connectivity index is 1.16. The SMILES string of the molecule is c1ccc(-c2ccccc2N(c2ccc3c(c2)c2ccccc2c2ccccc2c2ccccc2c2c3ccc3c4ccccc4oc32)c2cccc3c2Oc2ccccc2-c2ccccc2-3)cc1. The lowest BCUT2D eigenvalue weighted by atomic mass is 9.93. The Labute approximate surface area is 398 Å². The average Bonchev–Trinajstić information content (AvgIpc) is 3.73. The zero-order valence-corrected chi connectivity index (χ0v) is 37.4. The molecule has 0 atom stereocenters. The molecule has 2 heterocycles. The van der Waals surface area contributed by atoms with E-state index in [4.69, 9.17) is 9.15 Å². The van der Waals surface area contributed by atoms with E-state index < -0.39 is 0 Å². The Bertz CT molecular complexity index is 4300. The Hall–Kier alpha value is -9.18. The number of furan rings is 1. The van der Waals surface area contributed by atoms with Gasteiger partial charge in [-0.05, 0) is 108 Å². The van der Waals surface area contributed by atoms with Crippen LogP contribution in [0.4, 0.5) is 17.1 Å². The predicted molar refractivity (Wildman–Crippen MR) is 290 cm³/mol. The molecule has 0 saturated carbocycles. The normalized spacial score (nSPS) is 11.9. The highest BCUT2D eigenvalue weighted by Crippen LogP contribution is 2.54. The molecule has 0 radical (unpaired) electrons. The Kier molecular flexibility index (Phi) is 8.90. The molecule has 0 saturated heterocycles. The van der Waals surface area contributed by atoms with E-state index in [1.165, 1.54) is 10.8 Å². The smallest absolute Gasteiger partial charge is 0.159 e. The van der Waals surface area contributed by atoms with Gasteiger partial charge in [0.05, 0.1) is 11.4 Å². The van der Waals surface area contributed by atoms with E-state index in [0.29, 0.717) is 0 Å². The van der Waals surface area contributed by atoms with Gasteiger partial charge < -0.3 is 14.1 Å². The fourth-order valence-electron chi connectivity index (χ4n) is 11.1. The molecule has 12 aromatic carbocycles. The summed E-state index contributed by atoms with van der Waals surface area (Å²) < 4.78 is 14.2. The highest BCUT2D eigenvalue weighted by atomic mass is 16.5. The number of ether oxygens (including phenoxy) is 1. The van der Waals surface area contributed by atoms with Crippen LogP contribution in [0.15, 0.2) is 253 Å². The lowest BCUT2D eigenvalue weighted by molar-refractivity contribution is 0.489. The third kappa shape index (κ3) is 6.14. The van der Waals surface area contributed by atoms with Crippen LogP contribution in [0.5, 0.6) is 11.5 Å². The Morgan fingerprint density at radius 1 is 0.290 bits per heavy atom. The minimum Gasteiger partial charge on any atom is -0.455 e. The van der Waals surface area contributed by atoms with Gasteiger partial charge in [-0.25, -0.2) is 0 Å². The third-order valence-corrected chi connectivity index (χ3v) is 14.1. The van der Waals surface area contributed by atoms with E-state index in [1.54, 1.807) is 0 Å². The van der Waals surface area contributed by atoms with Crippen LogP contribution in [0.25, 0.3) is 109 Å². The lowest BCUT2D eigenvalue weighted by Gasteiger charge is -2.30. The average molecular weight is 880 g/mol. The molecule has 3 nitrogen and oxygen atoms in total. The first-order chi connectivity index (χ1) is 34.3. The van der Waals surface area contributed by atoms with Crippen LogP contribution in [0.3, 0.4) is 0 Å². The van der Waals surface area contributed by atoms with Crippen LogP contribution >= 0.6 is 0 Å². The standard InChI is InChI=1S/C66H41NO2/c1-2-19-42(20-3-1)44-21-12-15-33-60(44)67(61-34-18-32-57-50-27-8-7-25-48(50)53-29-13-16-35-62(53)68-65(57)61)43-37-38-52-56-39-40-58-54-30-14-17-36-63(54)69-66(58)64(56)55-31-11-10-26-49(55)46-23-5-4-22-45(46)47-24-6-9-28-51(47)59(52)41-43/h1-41H. The summed E-state index contributed by atoms with van der Waals surface area (Å²) in [5.41, 5.74) is 11.3. The van der Waals surface area contributed by atoms with E-state index in [1.807, 2.05) is 0 Å². The highest BCUT2D eigenvalue weighted by molar-refractivity contribution is 6.31. The molecule has 0 bridgehead atoms. The number of para-hydroxylation sites is 4. The molecule has 0 fully saturated rings. The lowest BCUT2D eigenvalue weighted by Crippen LogP contribution is -2.12. The van der Waals surface area contributed by atoms with E-state index in [0.717, 1.165) is 127 Å². The van der Waals surface area contributed by atoms with Crippen molar-refractivity contribution in [3.63, 3.8) is 0 Å². The molecule has 1 aliphatic heterocycles. The van der Waals surface area contributed by atoms with Crippen LogP contribution in [0.2, 0.25) is 0 Å². The van der Waals surface area contributed by atoms with E-state index in [9.17, 15) is 0 Å². The van der Waals surface area contributed by atoms with Gasteiger partial charge in [-0.15, -0.1) is 0 Å². The van der Waals surface area contributed by atoms with Crippen molar-refractivity contribution < 1.29 is 9.15 Å². The van der Waals surface area contributed by atoms with E-state index >= 15 is 0 Å². The van der Waals surface area contributed by atoms with Gasteiger partial charge in [-0.2, -0.15) is 0 Å². The second kappa shape index (κ2) is 15.7. The largest absolute Gasteiger partial charge is 0.455 e. The summed E-state index contributed by atoms with van der Waals surface area (Å²) in [6, 6.07) is 89.6. The third-order valence-electron chi connectivity index (χ3n) is 14.1. The molecule has 69 heavy (non-hydrogen) atoms. The molecule has 1 aliphatic rings. The molecule has 14 rings (SSSR count). The molecule has 0 N–H and O–H groups in total. The van der Waals surface area contributed by atoms with Gasteiger partial charge in [-0.3, -0.25) is 0 Å². The van der Waals surface area contributed by atoms with Crippen molar-refractivity contribution in [3.8, 4) is 44.9 Å². The monoisotopic (exact) mass is 879 g/mol.